The normalized spacial score (nSPS) is 23.4. The van der Waals surface area contributed by atoms with Gasteiger partial charge >= 0.3 is 5.97 Å². The summed E-state index contributed by atoms with van der Waals surface area (Å²) in [6.07, 6.45) is 2.77. The fourth-order valence-corrected chi connectivity index (χ4v) is 2.75. The van der Waals surface area contributed by atoms with Gasteiger partial charge in [-0.15, -0.1) is 0 Å². The molecule has 5 heteroatoms. The lowest BCUT2D eigenvalue weighted by molar-refractivity contribution is -0.151. The van der Waals surface area contributed by atoms with Crippen LogP contribution in [0, 0.1) is 11.3 Å². The summed E-state index contributed by atoms with van der Waals surface area (Å²) in [5.41, 5.74) is -0.744. The van der Waals surface area contributed by atoms with Gasteiger partial charge in [-0.05, 0) is 59.4 Å². The number of carboxylic acids is 1. The van der Waals surface area contributed by atoms with E-state index in [0.717, 1.165) is 25.8 Å². The van der Waals surface area contributed by atoms with Gasteiger partial charge in [-0.2, -0.15) is 0 Å². The predicted molar refractivity (Wildman–Crippen MR) is 83.1 cm³/mol. The smallest absolute Gasteiger partial charge is 0.309 e. The summed E-state index contributed by atoms with van der Waals surface area (Å²) >= 11 is 0. The van der Waals surface area contributed by atoms with Crippen LogP contribution in [-0.4, -0.2) is 47.1 Å². The van der Waals surface area contributed by atoms with Crippen LogP contribution < -0.4 is 5.32 Å². The van der Waals surface area contributed by atoms with E-state index in [1.807, 2.05) is 20.8 Å². The lowest BCUT2D eigenvalue weighted by Gasteiger charge is -2.41. The van der Waals surface area contributed by atoms with Crippen molar-refractivity contribution in [3.8, 4) is 0 Å². The summed E-state index contributed by atoms with van der Waals surface area (Å²) in [4.78, 5) is 25.8. The van der Waals surface area contributed by atoms with Gasteiger partial charge in [0.1, 0.15) is 0 Å². The molecule has 1 amide bonds. The number of rotatable bonds is 6. The second kappa shape index (κ2) is 7.25. The molecule has 1 rings (SSSR count). The molecule has 0 bridgehead atoms. The van der Waals surface area contributed by atoms with Gasteiger partial charge < -0.3 is 10.4 Å². The highest BCUT2D eigenvalue weighted by Crippen LogP contribution is 2.34. The fourth-order valence-electron chi connectivity index (χ4n) is 2.75. The van der Waals surface area contributed by atoms with Crippen LogP contribution in [-0.2, 0) is 9.59 Å². The lowest BCUT2D eigenvalue weighted by atomic mass is 9.74. The minimum atomic E-state index is -0.758. The monoisotopic (exact) mass is 298 g/mol. The standard InChI is InChI=1S/C16H30N2O3/c1-6-11(2)17-14(19)12(3)18-9-7-8-13(10-18)16(4,5)15(20)21/h11-13H,6-10H2,1-5H3,(H,17,19)(H,20,21). The van der Waals surface area contributed by atoms with Crippen molar-refractivity contribution >= 4 is 11.9 Å². The van der Waals surface area contributed by atoms with Crippen molar-refractivity contribution in [2.45, 2.75) is 66.0 Å². The average Bonchev–Trinajstić information content (AvgIpc) is 2.46. The largest absolute Gasteiger partial charge is 0.481 e. The molecule has 5 nitrogen and oxygen atoms in total. The van der Waals surface area contributed by atoms with Crippen molar-refractivity contribution in [3.05, 3.63) is 0 Å². The van der Waals surface area contributed by atoms with Crippen LogP contribution in [0.25, 0.3) is 0 Å². The number of nitrogens with one attached hydrogen (secondary N) is 1. The van der Waals surface area contributed by atoms with E-state index in [4.69, 9.17) is 0 Å². The topological polar surface area (TPSA) is 69.6 Å². The molecule has 1 aliphatic rings. The molecule has 0 aromatic heterocycles. The summed E-state index contributed by atoms with van der Waals surface area (Å²) in [5.74, 6) is -0.633. The van der Waals surface area contributed by atoms with Gasteiger partial charge in [0.25, 0.3) is 0 Å². The molecule has 0 spiro atoms. The lowest BCUT2D eigenvalue weighted by Crippen LogP contribution is -2.53. The first-order chi connectivity index (χ1) is 9.70. The maximum absolute atomic E-state index is 12.2. The SMILES string of the molecule is CCC(C)NC(=O)C(C)N1CCCC(C(C)(C)C(=O)O)C1. The molecule has 0 aliphatic carbocycles. The molecule has 1 aliphatic heterocycles. The van der Waals surface area contributed by atoms with E-state index in [9.17, 15) is 14.7 Å². The quantitative estimate of drug-likeness (QED) is 0.788. The Bertz CT molecular complexity index is 382. The van der Waals surface area contributed by atoms with Gasteiger partial charge in [0.2, 0.25) is 5.91 Å². The van der Waals surface area contributed by atoms with Crippen molar-refractivity contribution in [3.63, 3.8) is 0 Å². The van der Waals surface area contributed by atoms with E-state index < -0.39 is 11.4 Å². The minimum absolute atomic E-state index is 0.0399. The Hall–Kier alpha value is -1.10. The highest BCUT2D eigenvalue weighted by Gasteiger charge is 2.40. The van der Waals surface area contributed by atoms with Crippen LogP contribution in [0.15, 0.2) is 0 Å². The minimum Gasteiger partial charge on any atom is -0.481 e. The molecular formula is C16H30N2O3. The summed E-state index contributed by atoms with van der Waals surface area (Å²) < 4.78 is 0. The fraction of sp³-hybridized carbons (Fsp3) is 0.875. The Morgan fingerprint density at radius 1 is 1.38 bits per heavy atom. The van der Waals surface area contributed by atoms with Crippen LogP contribution in [0.1, 0.15) is 53.9 Å². The second-order valence-corrected chi connectivity index (χ2v) is 6.85. The molecule has 0 saturated carbocycles. The molecule has 1 heterocycles. The van der Waals surface area contributed by atoms with Gasteiger partial charge in [0.05, 0.1) is 11.5 Å². The number of carbonyl (C=O) groups is 2. The van der Waals surface area contributed by atoms with E-state index in [2.05, 4.69) is 10.2 Å². The first-order valence-corrected chi connectivity index (χ1v) is 7.98. The molecule has 122 valence electrons. The zero-order valence-corrected chi connectivity index (χ0v) is 14.0. The number of likely N-dealkylation sites (tertiary alicyclic amines) is 1. The number of aliphatic carboxylic acids is 1. The van der Waals surface area contributed by atoms with Crippen molar-refractivity contribution < 1.29 is 14.7 Å². The van der Waals surface area contributed by atoms with Crippen LogP contribution >= 0.6 is 0 Å². The number of amides is 1. The summed E-state index contributed by atoms with van der Waals surface area (Å²) in [5, 5.41) is 12.4. The van der Waals surface area contributed by atoms with E-state index in [1.165, 1.54) is 0 Å². The summed E-state index contributed by atoms with van der Waals surface area (Å²) in [7, 11) is 0. The highest BCUT2D eigenvalue weighted by atomic mass is 16.4. The van der Waals surface area contributed by atoms with Crippen molar-refractivity contribution in [1.29, 1.82) is 0 Å². The zero-order chi connectivity index (χ0) is 16.2. The third-order valence-corrected chi connectivity index (χ3v) is 4.95. The Morgan fingerprint density at radius 3 is 2.52 bits per heavy atom. The first-order valence-electron chi connectivity index (χ1n) is 7.98. The van der Waals surface area contributed by atoms with E-state index in [1.54, 1.807) is 13.8 Å². The number of carboxylic acid groups (broad SMARTS) is 1. The maximum atomic E-state index is 12.2. The van der Waals surface area contributed by atoms with E-state index in [-0.39, 0.29) is 23.9 Å². The maximum Gasteiger partial charge on any atom is 0.309 e. The van der Waals surface area contributed by atoms with Crippen molar-refractivity contribution in [2.75, 3.05) is 13.1 Å². The third kappa shape index (κ3) is 4.43. The van der Waals surface area contributed by atoms with E-state index in [0.29, 0.717) is 6.54 Å². The van der Waals surface area contributed by atoms with Crippen LogP contribution in [0.4, 0.5) is 0 Å². The number of carbonyl (C=O) groups excluding carboxylic acids is 1. The molecule has 1 fully saturated rings. The van der Waals surface area contributed by atoms with Gasteiger partial charge in [-0.3, -0.25) is 14.5 Å². The Kier molecular flexibility index (Phi) is 6.20. The molecule has 0 radical (unpaired) electrons. The van der Waals surface area contributed by atoms with Crippen LogP contribution in [0.3, 0.4) is 0 Å². The van der Waals surface area contributed by atoms with Gasteiger partial charge in [0, 0.05) is 12.6 Å². The Balaban J connectivity index is 2.67. The molecular weight excluding hydrogens is 268 g/mol. The van der Waals surface area contributed by atoms with Gasteiger partial charge in [0.15, 0.2) is 0 Å². The molecule has 21 heavy (non-hydrogen) atoms. The molecule has 0 aromatic rings. The number of hydrogen-bond donors (Lipinski definition) is 2. The summed E-state index contributed by atoms with van der Waals surface area (Å²) in [6.45, 7) is 11.1. The zero-order valence-electron chi connectivity index (χ0n) is 14.0. The molecule has 2 N–H and O–H groups in total. The van der Waals surface area contributed by atoms with Gasteiger partial charge in [-0.1, -0.05) is 6.92 Å². The van der Waals surface area contributed by atoms with E-state index >= 15 is 0 Å². The molecule has 3 unspecified atom stereocenters. The van der Waals surface area contributed by atoms with Crippen molar-refractivity contribution in [2.24, 2.45) is 11.3 Å². The highest BCUT2D eigenvalue weighted by molar-refractivity contribution is 5.81. The number of piperidine rings is 1. The number of hydrogen-bond acceptors (Lipinski definition) is 3. The van der Waals surface area contributed by atoms with Crippen LogP contribution in [0.5, 0.6) is 0 Å². The van der Waals surface area contributed by atoms with Gasteiger partial charge in [-0.25, -0.2) is 0 Å². The molecule has 3 atom stereocenters. The van der Waals surface area contributed by atoms with Crippen molar-refractivity contribution in [1.82, 2.24) is 10.2 Å². The van der Waals surface area contributed by atoms with Crippen LogP contribution in [0.2, 0.25) is 0 Å². The second-order valence-electron chi connectivity index (χ2n) is 6.85. The predicted octanol–water partition coefficient (Wildman–Crippen LogP) is 2.11. The Morgan fingerprint density at radius 2 is 2.00 bits per heavy atom. The molecule has 1 saturated heterocycles. The number of nitrogens with zero attached hydrogens (tertiary/aromatic N) is 1. The molecule has 0 aromatic carbocycles. The first kappa shape index (κ1) is 18.0. The Labute approximate surface area is 128 Å². The third-order valence-electron chi connectivity index (χ3n) is 4.95. The summed E-state index contributed by atoms with van der Waals surface area (Å²) in [6, 6.07) is -0.0256. The average molecular weight is 298 g/mol.